The van der Waals surface area contributed by atoms with Gasteiger partial charge in [-0.05, 0) is 17.7 Å². The lowest BCUT2D eigenvalue weighted by Gasteiger charge is -2.06. The summed E-state index contributed by atoms with van der Waals surface area (Å²) < 4.78 is 15.0. The molecule has 0 amide bonds. The predicted molar refractivity (Wildman–Crippen MR) is 65.9 cm³/mol. The van der Waals surface area contributed by atoms with Gasteiger partial charge in [-0.1, -0.05) is 11.6 Å². The molecule has 6 heteroatoms. The average Bonchev–Trinajstić information content (AvgIpc) is 2.83. The fraction of sp³-hybridized carbons (Fsp3) is 0.417. The second-order valence-electron chi connectivity index (χ2n) is 3.81. The molecular weight excluding hydrogens is 258 g/mol. The van der Waals surface area contributed by atoms with Gasteiger partial charge in [-0.25, -0.2) is 0 Å². The lowest BCUT2D eigenvalue weighted by molar-refractivity contribution is -0.140. The normalized spacial score (nSPS) is 12.6. The van der Waals surface area contributed by atoms with E-state index in [0.29, 0.717) is 36.0 Å². The smallest absolute Gasteiger partial charge is 0.306 e. The Kier molecular flexibility index (Phi) is 4.28. The van der Waals surface area contributed by atoms with Crippen LogP contribution < -0.4 is 14.8 Å². The predicted octanol–water partition coefficient (Wildman–Crippen LogP) is 1.72. The summed E-state index contributed by atoms with van der Waals surface area (Å²) in [6.45, 7) is 1.36. The van der Waals surface area contributed by atoms with Gasteiger partial charge in [0.05, 0.1) is 18.6 Å². The van der Waals surface area contributed by atoms with E-state index in [9.17, 15) is 4.79 Å². The van der Waals surface area contributed by atoms with Gasteiger partial charge in [0.15, 0.2) is 11.5 Å². The van der Waals surface area contributed by atoms with Crippen LogP contribution in [-0.2, 0) is 16.1 Å². The van der Waals surface area contributed by atoms with Crippen LogP contribution in [0.3, 0.4) is 0 Å². The third-order valence-electron chi connectivity index (χ3n) is 2.55. The van der Waals surface area contributed by atoms with E-state index in [2.05, 4.69) is 10.1 Å². The molecule has 1 aliphatic heterocycles. The van der Waals surface area contributed by atoms with Crippen molar-refractivity contribution >= 4 is 17.6 Å². The summed E-state index contributed by atoms with van der Waals surface area (Å²) >= 11 is 6.05. The number of carbonyl (C=O) groups is 1. The van der Waals surface area contributed by atoms with E-state index >= 15 is 0 Å². The van der Waals surface area contributed by atoms with Gasteiger partial charge in [-0.2, -0.15) is 0 Å². The van der Waals surface area contributed by atoms with Crippen molar-refractivity contribution in [3.05, 3.63) is 22.7 Å². The number of benzene rings is 1. The summed E-state index contributed by atoms with van der Waals surface area (Å²) in [5.41, 5.74) is 0.981. The first kappa shape index (κ1) is 13.0. The molecule has 0 bridgehead atoms. The number of hydrogen-bond donors (Lipinski definition) is 1. The molecule has 1 aromatic rings. The van der Waals surface area contributed by atoms with Crippen LogP contribution in [0.1, 0.15) is 12.0 Å². The molecule has 0 spiro atoms. The number of rotatable bonds is 5. The topological polar surface area (TPSA) is 56.8 Å². The highest BCUT2D eigenvalue weighted by molar-refractivity contribution is 6.32. The first-order chi connectivity index (χ1) is 8.70. The number of hydrogen-bond acceptors (Lipinski definition) is 5. The summed E-state index contributed by atoms with van der Waals surface area (Å²) in [7, 11) is 1.37. The summed E-state index contributed by atoms with van der Waals surface area (Å²) in [5, 5.41) is 3.67. The number of methoxy groups -OCH3 is 1. The van der Waals surface area contributed by atoms with Gasteiger partial charge in [0.25, 0.3) is 0 Å². The van der Waals surface area contributed by atoms with E-state index in [1.165, 1.54) is 7.11 Å². The third-order valence-corrected chi connectivity index (χ3v) is 2.83. The zero-order valence-electron chi connectivity index (χ0n) is 9.99. The molecule has 98 valence electrons. The van der Waals surface area contributed by atoms with Crippen LogP contribution >= 0.6 is 11.6 Å². The first-order valence-corrected chi connectivity index (χ1v) is 5.94. The van der Waals surface area contributed by atoms with Crippen molar-refractivity contribution in [2.45, 2.75) is 13.0 Å². The van der Waals surface area contributed by atoms with Crippen molar-refractivity contribution < 1.29 is 19.0 Å². The molecule has 1 aliphatic rings. The van der Waals surface area contributed by atoms with Crippen LogP contribution in [0, 0.1) is 0 Å². The van der Waals surface area contributed by atoms with E-state index < -0.39 is 0 Å². The Morgan fingerprint density at radius 1 is 1.50 bits per heavy atom. The van der Waals surface area contributed by atoms with Crippen LogP contribution in [0.25, 0.3) is 0 Å². The number of fused-ring (bicyclic) bond motifs is 1. The fourth-order valence-electron chi connectivity index (χ4n) is 1.65. The van der Waals surface area contributed by atoms with Crippen molar-refractivity contribution in [1.29, 1.82) is 0 Å². The Morgan fingerprint density at radius 3 is 3.11 bits per heavy atom. The summed E-state index contributed by atoms with van der Waals surface area (Å²) in [6, 6.07) is 3.69. The Labute approximate surface area is 110 Å². The molecule has 18 heavy (non-hydrogen) atoms. The Balaban J connectivity index is 1.87. The van der Waals surface area contributed by atoms with Gasteiger partial charge in [-0.15, -0.1) is 0 Å². The van der Waals surface area contributed by atoms with Crippen LogP contribution in [0.15, 0.2) is 12.1 Å². The summed E-state index contributed by atoms with van der Waals surface area (Å²) in [5.74, 6) is 1.02. The second-order valence-corrected chi connectivity index (χ2v) is 4.22. The molecule has 1 aromatic carbocycles. The molecule has 0 atom stereocenters. The molecule has 0 aliphatic carbocycles. The zero-order chi connectivity index (χ0) is 13.0. The van der Waals surface area contributed by atoms with Gasteiger partial charge >= 0.3 is 5.97 Å². The third kappa shape index (κ3) is 3.05. The maximum Gasteiger partial charge on any atom is 0.306 e. The molecule has 0 saturated heterocycles. The SMILES string of the molecule is COC(=O)CCNCc1cc(Cl)c2c(c1)OCO2. The van der Waals surface area contributed by atoms with Gasteiger partial charge in [0.2, 0.25) is 6.79 Å². The highest BCUT2D eigenvalue weighted by Gasteiger charge is 2.17. The maximum absolute atomic E-state index is 10.9. The molecule has 0 radical (unpaired) electrons. The van der Waals surface area contributed by atoms with E-state index in [1.54, 1.807) is 0 Å². The number of carbonyl (C=O) groups excluding carboxylic acids is 1. The minimum atomic E-state index is -0.230. The molecule has 5 nitrogen and oxygen atoms in total. The highest BCUT2D eigenvalue weighted by atomic mass is 35.5. The molecule has 0 aromatic heterocycles. The average molecular weight is 272 g/mol. The second kappa shape index (κ2) is 5.93. The lowest BCUT2D eigenvalue weighted by Crippen LogP contribution is -2.18. The Hall–Kier alpha value is -1.46. The fourth-order valence-corrected chi connectivity index (χ4v) is 1.94. The van der Waals surface area contributed by atoms with Crippen LogP contribution in [0.2, 0.25) is 5.02 Å². The minimum absolute atomic E-state index is 0.203. The summed E-state index contributed by atoms with van der Waals surface area (Å²) in [6.07, 6.45) is 0.342. The number of halogens is 1. The highest BCUT2D eigenvalue weighted by Crippen LogP contribution is 2.39. The van der Waals surface area contributed by atoms with E-state index in [4.69, 9.17) is 21.1 Å². The standard InChI is InChI=1S/C12H14ClNO4/c1-16-11(15)2-3-14-6-8-4-9(13)12-10(5-8)17-7-18-12/h4-5,14H,2-3,6-7H2,1H3. The summed E-state index contributed by atoms with van der Waals surface area (Å²) in [4.78, 5) is 10.9. The number of ether oxygens (including phenoxy) is 3. The van der Waals surface area contributed by atoms with Crippen molar-refractivity contribution in [3.8, 4) is 11.5 Å². The van der Waals surface area contributed by atoms with Crippen molar-refractivity contribution in [3.63, 3.8) is 0 Å². The van der Waals surface area contributed by atoms with Gasteiger partial charge < -0.3 is 19.5 Å². The first-order valence-electron chi connectivity index (χ1n) is 5.56. The van der Waals surface area contributed by atoms with E-state index in [0.717, 1.165) is 5.56 Å². The van der Waals surface area contributed by atoms with Crippen molar-refractivity contribution in [2.75, 3.05) is 20.4 Å². The Morgan fingerprint density at radius 2 is 2.33 bits per heavy atom. The van der Waals surface area contributed by atoms with Gasteiger partial charge in [-0.3, -0.25) is 4.79 Å². The largest absolute Gasteiger partial charge is 0.469 e. The molecule has 0 unspecified atom stereocenters. The monoisotopic (exact) mass is 271 g/mol. The minimum Gasteiger partial charge on any atom is -0.469 e. The van der Waals surface area contributed by atoms with E-state index in [1.807, 2.05) is 12.1 Å². The molecule has 1 heterocycles. The Bertz CT molecular complexity index is 450. The van der Waals surface area contributed by atoms with Crippen LogP contribution in [0.4, 0.5) is 0 Å². The molecule has 0 saturated carbocycles. The van der Waals surface area contributed by atoms with Crippen molar-refractivity contribution in [2.24, 2.45) is 0 Å². The van der Waals surface area contributed by atoms with Crippen LogP contribution in [0.5, 0.6) is 11.5 Å². The maximum atomic E-state index is 10.9. The molecule has 1 N–H and O–H groups in total. The van der Waals surface area contributed by atoms with Gasteiger partial charge in [0.1, 0.15) is 0 Å². The van der Waals surface area contributed by atoms with Crippen molar-refractivity contribution in [1.82, 2.24) is 5.32 Å². The molecule has 2 rings (SSSR count). The number of esters is 1. The quantitative estimate of drug-likeness (QED) is 0.653. The molecule has 0 fully saturated rings. The van der Waals surface area contributed by atoms with Gasteiger partial charge in [0, 0.05) is 13.1 Å². The lowest BCUT2D eigenvalue weighted by atomic mass is 10.2. The molecular formula is C12H14ClNO4. The zero-order valence-corrected chi connectivity index (χ0v) is 10.8. The van der Waals surface area contributed by atoms with Crippen LogP contribution in [-0.4, -0.2) is 26.4 Å². The van der Waals surface area contributed by atoms with E-state index in [-0.39, 0.29) is 12.8 Å². The number of nitrogens with one attached hydrogen (secondary N) is 1.